The highest BCUT2D eigenvalue weighted by molar-refractivity contribution is 6.30. The van der Waals surface area contributed by atoms with Crippen molar-refractivity contribution in [2.45, 2.75) is 31.7 Å². The first kappa shape index (κ1) is 19.4. The lowest BCUT2D eigenvalue weighted by atomic mass is 9.75. The number of rotatable bonds is 7. The van der Waals surface area contributed by atoms with Gasteiger partial charge in [0.1, 0.15) is 11.8 Å². The van der Waals surface area contributed by atoms with Gasteiger partial charge in [0, 0.05) is 10.9 Å². The molecule has 0 spiro atoms. The molecule has 4 atom stereocenters. The predicted octanol–water partition coefficient (Wildman–Crippen LogP) is 1.59. The Morgan fingerprint density at radius 1 is 1.32 bits per heavy atom. The van der Waals surface area contributed by atoms with E-state index in [1.807, 2.05) is 0 Å². The second-order valence-corrected chi connectivity index (χ2v) is 6.52. The summed E-state index contributed by atoms with van der Waals surface area (Å²) in [5, 5.41) is 21.6. The fraction of sp³-hybridized carbons (Fsp3) is 0.471. The normalized spacial score (nSPS) is 22.2. The molecule has 1 fully saturated rings. The lowest BCUT2D eigenvalue weighted by Gasteiger charge is -2.27. The fourth-order valence-electron chi connectivity index (χ4n) is 3.42. The molecule has 1 aliphatic heterocycles. The van der Waals surface area contributed by atoms with Gasteiger partial charge >= 0.3 is 5.97 Å². The molecule has 0 bridgehead atoms. The highest BCUT2D eigenvalue weighted by Crippen LogP contribution is 2.34. The first-order valence-corrected chi connectivity index (χ1v) is 8.47. The van der Waals surface area contributed by atoms with Gasteiger partial charge in [-0.25, -0.2) is 5.48 Å². The van der Waals surface area contributed by atoms with Crippen LogP contribution in [0.15, 0.2) is 24.3 Å². The quantitative estimate of drug-likeness (QED) is 0.429. The molecule has 25 heavy (non-hydrogen) atoms. The van der Waals surface area contributed by atoms with Crippen LogP contribution in [-0.2, 0) is 14.4 Å². The molecule has 4 N–H and O–H groups in total. The summed E-state index contributed by atoms with van der Waals surface area (Å²) >= 11 is 5.90. The van der Waals surface area contributed by atoms with Crippen molar-refractivity contribution in [1.82, 2.24) is 10.8 Å². The lowest BCUT2D eigenvalue weighted by Crippen LogP contribution is -2.43. The molecule has 0 radical (unpaired) electrons. The molecule has 0 aromatic heterocycles. The third-order valence-corrected chi connectivity index (χ3v) is 4.93. The van der Waals surface area contributed by atoms with Crippen molar-refractivity contribution in [3.63, 3.8) is 0 Å². The van der Waals surface area contributed by atoms with Gasteiger partial charge in [-0.15, -0.1) is 0 Å². The highest BCUT2D eigenvalue weighted by atomic mass is 35.5. The summed E-state index contributed by atoms with van der Waals surface area (Å²) in [7, 11) is 0. The van der Waals surface area contributed by atoms with Gasteiger partial charge in [-0.05, 0) is 37.1 Å². The number of hydroxylamine groups is 1. The molecule has 1 saturated heterocycles. The van der Waals surface area contributed by atoms with E-state index in [1.54, 1.807) is 36.7 Å². The first-order chi connectivity index (χ1) is 11.9. The molecule has 0 aliphatic carbocycles. The number of carboxylic acid groups (broad SMARTS) is 1. The van der Waals surface area contributed by atoms with E-state index in [9.17, 15) is 19.5 Å². The van der Waals surface area contributed by atoms with E-state index in [4.69, 9.17) is 16.8 Å². The van der Waals surface area contributed by atoms with Gasteiger partial charge in [-0.1, -0.05) is 30.7 Å². The molecule has 0 saturated carbocycles. The van der Waals surface area contributed by atoms with Crippen LogP contribution in [0.5, 0.6) is 0 Å². The average molecular weight is 369 g/mol. The Morgan fingerprint density at radius 3 is 2.48 bits per heavy atom. The SMILES string of the molecule is CC[C@H](C(=O)NO)C(C(=O)[C@H]1CCN[C@@H]1C(=O)O)c1ccc(Cl)cc1. The van der Waals surface area contributed by atoms with Gasteiger partial charge in [0.15, 0.2) is 0 Å². The van der Waals surface area contributed by atoms with Crippen molar-refractivity contribution in [1.29, 1.82) is 0 Å². The van der Waals surface area contributed by atoms with E-state index >= 15 is 0 Å². The number of carbonyl (C=O) groups is 3. The van der Waals surface area contributed by atoms with Crippen LogP contribution >= 0.6 is 11.6 Å². The molecule has 1 amide bonds. The van der Waals surface area contributed by atoms with E-state index < -0.39 is 35.7 Å². The molecule has 1 unspecified atom stereocenters. The average Bonchev–Trinajstić information content (AvgIpc) is 3.09. The number of benzene rings is 1. The predicted molar refractivity (Wildman–Crippen MR) is 90.4 cm³/mol. The topological polar surface area (TPSA) is 116 Å². The van der Waals surface area contributed by atoms with Crippen molar-refractivity contribution in [3.05, 3.63) is 34.9 Å². The minimum atomic E-state index is -1.09. The maximum atomic E-state index is 13.2. The number of nitrogens with one attached hydrogen (secondary N) is 2. The van der Waals surface area contributed by atoms with Crippen molar-refractivity contribution in [2.75, 3.05) is 6.54 Å². The summed E-state index contributed by atoms with van der Waals surface area (Å²) < 4.78 is 0. The van der Waals surface area contributed by atoms with Crippen molar-refractivity contribution in [3.8, 4) is 0 Å². The largest absolute Gasteiger partial charge is 0.480 e. The Balaban J connectivity index is 2.43. The van der Waals surface area contributed by atoms with Gasteiger partial charge in [-0.3, -0.25) is 19.6 Å². The van der Waals surface area contributed by atoms with Crippen LogP contribution < -0.4 is 10.8 Å². The van der Waals surface area contributed by atoms with E-state index in [-0.39, 0.29) is 5.78 Å². The van der Waals surface area contributed by atoms with Crippen LogP contribution in [-0.4, -0.2) is 40.6 Å². The third-order valence-electron chi connectivity index (χ3n) is 4.68. The second kappa shape index (κ2) is 8.42. The summed E-state index contributed by atoms with van der Waals surface area (Å²) in [6.07, 6.45) is 0.695. The molecular weight excluding hydrogens is 348 g/mol. The van der Waals surface area contributed by atoms with Crippen molar-refractivity contribution < 1.29 is 24.7 Å². The zero-order chi connectivity index (χ0) is 18.6. The lowest BCUT2D eigenvalue weighted by molar-refractivity contribution is -0.144. The number of hydrogen-bond acceptors (Lipinski definition) is 5. The Bertz CT molecular complexity index is 649. The standard InChI is InChI=1S/C17H21ClN2O5/c1-2-11(16(22)20-25)13(9-3-5-10(18)6-4-9)15(21)12-7-8-19-14(12)17(23)24/h3-6,11-14,19,25H,2,7-8H2,1H3,(H,20,22)(H,23,24)/t11-,12-,13?,14-/m0/s1. The monoisotopic (exact) mass is 368 g/mol. The van der Waals surface area contributed by atoms with Gasteiger partial charge in [0.05, 0.1) is 11.8 Å². The molecule has 8 heteroatoms. The van der Waals surface area contributed by atoms with Crippen LogP contribution in [0.3, 0.4) is 0 Å². The number of hydrogen-bond donors (Lipinski definition) is 4. The molecule has 136 valence electrons. The minimum absolute atomic E-state index is 0.309. The van der Waals surface area contributed by atoms with Crippen LogP contribution in [0.2, 0.25) is 5.02 Å². The minimum Gasteiger partial charge on any atom is -0.480 e. The Labute approximate surface area is 150 Å². The maximum Gasteiger partial charge on any atom is 0.321 e. The highest BCUT2D eigenvalue weighted by Gasteiger charge is 2.44. The number of ketones is 1. The molecule has 1 heterocycles. The molecule has 1 aromatic rings. The van der Waals surface area contributed by atoms with Gasteiger partial charge < -0.3 is 10.4 Å². The van der Waals surface area contributed by atoms with Crippen LogP contribution in [0.1, 0.15) is 31.2 Å². The number of halogens is 1. The number of carbonyl (C=O) groups excluding carboxylic acids is 2. The van der Waals surface area contributed by atoms with E-state index in [2.05, 4.69) is 5.32 Å². The van der Waals surface area contributed by atoms with Crippen LogP contribution in [0.4, 0.5) is 0 Å². The second-order valence-electron chi connectivity index (χ2n) is 6.09. The zero-order valence-electron chi connectivity index (χ0n) is 13.7. The van der Waals surface area contributed by atoms with Gasteiger partial charge in [0.2, 0.25) is 5.91 Å². The van der Waals surface area contributed by atoms with Gasteiger partial charge in [-0.2, -0.15) is 0 Å². The third kappa shape index (κ3) is 4.18. The summed E-state index contributed by atoms with van der Waals surface area (Å²) in [6, 6.07) is 5.55. The number of amides is 1. The van der Waals surface area contributed by atoms with E-state index in [1.165, 1.54) is 0 Å². The molecule has 1 aromatic carbocycles. The number of Topliss-reactive ketones (excluding diaryl/α,β-unsaturated/α-hetero) is 1. The summed E-state index contributed by atoms with van der Waals surface area (Å²) in [5.41, 5.74) is 2.18. The Morgan fingerprint density at radius 2 is 1.96 bits per heavy atom. The molecule has 1 aliphatic rings. The van der Waals surface area contributed by atoms with Crippen molar-refractivity contribution >= 4 is 29.3 Å². The van der Waals surface area contributed by atoms with E-state index in [0.717, 1.165) is 0 Å². The smallest absolute Gasteiger partial charge is 0.321 e. The van der Waals surface area contributed by atoms with Crippen molar-refractivity contribution in [2.24, 2.45) is 11.8 Å². The molecule has 2 rings (SSSR count). The summed E-state index contributed by atoms with van der Waals surface area (Å²) in [5.74, 6) is -4.50. The maximum absolute atomic E-state index is 13.2. The van der Waals surface area contributed by atoms with Crippen LogP contribution in [0, 0.1) is 11.8 Å². The Hall–Kier alpha value is -1.96. The Kier molecular flexibility index (Phi) is 6.52. The number of aliphatic carboxylic acids is 1. The fourth-order valence-corrected chi connectivity index (χ4v) is 3.55. The van der Waals surface area contributed by atoms with Gasteiger partial charge in [0.25, 0.3) is 0 Å². The zero-order valence-corrected chi connectivity index (χ0v) is 14.5. The molecule has 7 nitrogen and oxygen atoms in total. The summed E-state index contributed by atoms with van der Waals surface area (Å²) in [4.78, 5) is 36.7. The van der Waals surface area contributed by atoms with Crippen LogP contribution in [0.25, 0.3) is 0 Å². The summed E-state index contributed by atoms with van der Waals surface area (Å²) in [6.45, 7) is 2.15. The molecular formula is C17H21ClN2O5. The number of carboxylic acids is 1. The first-order valence-electron chi connectivity index (χ1n) is 8.10. The van der Waals surface area contributed by atoms with E-state index in [0.29, 0.717) is 30.0 Å².